The maximum Gasteiger partial charge on any atom is 0.356 e. The van der Waals surface area contributed by atoms with Crippen LogP contribution in [0.3, 0.4) is 0 Å². The topological polar surface area (TPSA) is 68.5 Å². The summed E-state index contributed by atoms with van der Waals surface area (Å²) in [5.41, 5.74) is 7.81. The van der Waals surface area contributed by atoms with E-state index in [1.807, 2.05) is 36.2 Å². The fourth-order valence-electron chi connectivity index (χ4n) is 1.97. The summed E-state index contributed by atoms with van der Waals surface area (Å²) in [5.74, 6) is 0.0741. The molecular weight excluding hydrogens is 334 g/mol. The van der Waals surface area contributed by atoms with E-state index in [2.05, 4.69) is 25.7 Å². The highest BCUT2D eigenvalue weighted by Crippen LogP contribution is 2.22. The van der Waals surface area contributed by atoms with Crippen molar-refractivity contribution in [2.75, 3.05) is 24.8 Å². The van der Waals surface area contributed by atoms with Crippen LogP contribution in [0.15, 0.2) is 40.9 Å². The van der Waals surface area contributed by atoms with Crippen molar-refractivity contribution in [1.82, 2.24) is 4.98 Å². The number of pyridine rings is 1. The molecule has 0 aliphatic carbocycles. The van der Waals surface area contributed by atoms with Gasteiger partial charge in [-0.1, -0.05) is 28.1 Å². The SMILES string of the molecule is COC(=O)c1ccc(N)c(N(C)Cc2cccc(Br)c2)n1. The molecule has 110 valence electrons. The number of nitrogens with zero attached hydrogens (tertiary/aromatic N) is 2. The number of nitrogens with two attached hydrogens (primary N) is 1. The second-order valence-corrected chi connectivity index (χ2v) is 5.50. The lowest BCUT2D eigenvalue weighted by Crippen LogP contribution is -2.20. The first-order valence-corrected chi connectivity index (χ1v) is 7.11. The molecule has 21 heavy (non-hydrogen) atoms. The van der Waals surface area contributed by atoms with Crippen LogP contribution in [0.1, 0.15) is 16.1 Å². The normalized spacial score (nSPS) is 10.2. The number of nitrogen functional groups attached to an aromatic ring is 1. The molecule has 0 spiro atoms. The van der Waals surface area contributed by atoms with Gasteiger partial charge in [0.1, 0.15) is 0 Å². The predicted octanol–water partition coefficient (Wildman–Crippen LogP) is 2.85. The first kappa shape index (κ1) is 15.3. The zero-order valence-electron chi connectivity index (χ0n) is 11.8. The van der Waals surface area contributed by atoms with E-state index >= 15 is 0 Å². The lowest BCUT2D eigenvalue weighted by Gasteiger charge is -2.20. The molecule has 0 aliphatic heterocycles. The molecule has 0 amide bonds. The van der Waals surface area contributed by atoms with E-state index in [0.29, 0.717) is 18.1 Å². The minimum atomic E-state index is -0.480. The summed E-state index contributed by atoms with van der Waals surface area (Å²) < 4.78 is 5.69. The van der Waals surface area contributed by atoms with Gasteiger partial charge in [-0.25, -0.2) is 9.78 Å². The number of hydrogen-bond donors (Lipinski definition) is 1. The first-order valence-electron chi connectivity index (χ1n) is 6.31. The number of halogens is 1. The van der Waals surface area contributed by atoms with Crippen molar-refractivity contribution in [2.45, 2.75) is 6.54 Å². The molecule has 1 heterocycles. The standard InChI is InChI=1S/C15H16BrN3O2/c1-19(9-10-4-3-5-11(16)8-10)14-12(17)6-7-13(18-14)15(20)21-2/h3-8H,9,17H2,1-2H3. The van der Waals surface area contributed by atoms with E-state index in [0.717, 1.165) is 10.0 Å². The number of aromatic nitrogens is 1. The average molecular weight is 350 g/mol. The Morgan fingerprint density at radius 2 is 2.14 bits per heavy atom. The molecule has 0 radical (unpaired) electrons. The van der Waals surface area contributed by atoms with Crippen LogP contribution in [-0.4, -0.2) is 25.1 Å². The third-order valence-corrected chi connectivity index (χ3v) is 3.46. The third-order valence-electron chi connectivity index (χ3n) is 2.97. The highest BCUT2D eigenvalue weighted by Gasteiger charge is 2.13. The van der Waals surface area contributed by atoms with Crippen molar-refractivity contribution in [3.8, 4) is 0 Å². The Kier molecular flexibility index (Phi) is 4.80. The molecule has 0 fully saturated rings. The third kappa shape index (κ3) is 3.72. The van der Waals surface area contributed by atoms with Crippen LogP contribution < -0.4 is 10.6 Å². The smallest absolute Gasteiger partial charge is 0.356 e. The van der Waals surface area contributed by atoms with Crippen LogP contribution >= 0.6 is 15.9 Å². The number of hydrogen-bond acceptors (Lipinski definition) is 5. The van der Waals surface area contributed by atoms with Gasteiger partial charge in [-0.05, 0) is 29.8 Å². The molecule has 1 aromatic carbocycles. The Hall–Kier alpha value is -2.08. The lowest BCUT2D eigenvalue weighted by atomic mass is 10.2. The lowest BCUT2D eigenvalue weighted by molar-refractivity contribution is 0.0594. The summed E-state index contributed by atoms with van der Waals surface area (Å²) in [7, 11) is 3.20. The summed E-state index contributed by atoms with van der Waals surface area (Å²) in [6.07, 6.45) is 0. The fourth-order valence-corrected chi connectivity index (χ4v) is 2.41. The van der Waals surface area contributed by atoms with Crippen LogP contribution in [0.5, 0.6) is 0 Å². The molecule has 6 heteroatoms. The molecular formula is C15H16BrN3O2. The van der Waals surface area contributed by atoms with Gasteiger partial charge in [-0.3, -0.25) is 0 Å². The highest BCUT2D eigenvalue weighted by atomic mass is 79.9. The van der Waals surface area contributed by atoms with Crippen LogP contribution in [-0.2, 0) is 11.3 Å². The Labute approximate surface area is 131 Å². The molecule has 2 N–H and O–H groups in total. The monoisotopic (exact) mass is 349 g/mol. The maximum absolute atomic E-state index is 11.6. The summed E-state index contributed by atoms with van der Waals surface area (Å²) >= 11 is 3.44. The second-order valence-electron chi connectivity index (χ2n) is 4.59. The molecule has 2 aromatic rings. The summed E-state index contributed by atoms with van der Waals surface area (Å²) in [5, 5.41) is 0. The quantitative estimate of drug-likeness (QED) is 0.859. The average Bonchev–Trinajstić information content (AvgIpc) is 2.46. The Bertz CT molecular complexity index is 661. The van der Waals surface area contributed by atoms with E-state index < -0.39 is 5.97 Å². The summed E-state index contributed by atoms with van der Waals surface area (Å²) in [6, 6.07) is 11.2. The number of anilines is 2. The van der Waals surface area contributed by atoms with Gasteiger partial charge in [-0.2, -0.15) is 0 Å². The number of rotatable bonds is 4. The molecule has 0 atom stereocenters. The predicted molar refractivity (Wildman–Crippen MR) is 86.2 cm³/mol. The minimum Gasteiger partial charge on any atom is -0.464 e. The van der Waals surface area contributed by atoms with E-state index in [1.54, 1.807) is 12.1 Å². The largest absolute Gasteiger partial charge is 0.464 e. The molecule has 0 bridgehead atoms. The van der Waals surface area contributed by atoms with E-state index in [1.165, 1.54) is 7.11 Å². The van der Waals surface area contributed by atoms with Crippen molar-refractivity contribution in [3.05, 3.63) is 52.1 Å². The first-order chi connectivity index (χ1) is 10.0. The van der Waals surface area contributed by atoms with Gasteiger partial charge in [0.15, 0.2) is 11.5 Å². The van der Waals surface area contributed by atoms with Gasteiger partial charge in [0.25, 0.3) is 0 Å². The number of esters is 1. The number of carbonyl (C=O) groups is 1. The molecule has 0 saturated heterocycles. The van der Waals surface area contributed by atoms with Gasteiger partial charge in [0.05, 0.1) is 12.8 Å². The van der Waals surface area contributed by atoms with Crippen molar-refractivity contribution in [3.63, 3.8) is 0 Å². The van der Waals surface area contributed by atoms with Gasteiger partial charge < -0.3 is 15.4 Å². The van der Waals surface area contributed by atoms with E-state index in [4.69, 9.17) is 5.73 Å². The van der Waals surface area contributed by atoms with Gasteiger partial charge in [0.2, 0.25) is 0 Å². The Morgan fingerprint density at radius 1 is 1.38 bits per heavy atom. The summed E-state index contributed by atoms with van der Waals surface area (Å²) in [6.45, 7) is 0.626. The molecule has 1 aromatic heterocycles. The Morgan fingerprint density at radius 3 is 2.81 bits per heavy atom. The van der Waals surface area contributed by atoms with Gasteiger partial charge >= 0.3 is 5.97 Å². The summed E-state index contributed by atoms with van der Waals surface area (Å²) in [4.78, 5) is 17.7. The fraction of sp³-hybridized carbons (Fsp3) is 0.200. The van der Waals surface area contributed by atoms with Crippen molar-refractivity contribution in [1.29, 1.82) is 0 Å². The zero-order chi connectivity index (χ0) is 15.4. The van der Waals surface area contributed by atoms with Crippen molar-refractivity contribution >= 4 is 33.4 Å². The molecule has 2 rings (SSSR count). The zero-order valence-corrected chi connectivity index (χ0v) is 13.4. The molecule has 0 saturated carbocycles. The Balaban J connectivity index is 2.26. The van der Waals surface area contributed by atoms with Crippen LogP contribution in [0.4, 0.5) is 11.5 Å². The van der Waals surface area contributed by atoms with Crippen molar-refractivity contribution < 1.29 is 9.53 Å². The number of benzene rings is 1. The van der Waals surface area contributed by atoms with E-state index in [9.17, 15) is 4.79 Å². The van der Waals surface area contributed by atoms with Crippen LogP contribution in [0, 0.1) is 0 Å². The minimum absolute atomic E-state index is 0.239. The van der Waals surface area contributed by atoms with Gasteiger partial charge in [-0.15, -0.1) is 0 Å². The molecule has 5 nitrogen and oxygen atoms in total. The van der Waals surface area contributed by atoms with Crippen LogP contribution in [0.2, 0.25) is 0 Å². The van der Waals surface area contributed by atoms with Crippen LogP contribution in [0.25, 0.3) is 0 Å². The molecule has 0 aliphatic rings. The highest BCUT2D eigenvalue weighted by molar-refractivity contribution is 9.10. The van der Waals surface area contributed by atoms with E-state index in [-0.39, 0.29) is 5.69 Å². The molecule has 0 unspecified atom stereocenters. The van der Waals surface area contributed by atoms with Gasteiger partial charge in [0, 0.05) is 18.1 Å². The number of ether oxygens (including phenoxy) is 1. The maximum atomic E-state index is 11.6. The van der Waals surface area contributed by atoms with Crippen molar-refractivity contribution in [2.24, 2.45) is 0 Å². The second kappa shape index (κ2) is 6.58. The number of methoxy groups -OCH3 is 1. The number of carbonyl (C=O) groups excluding carboxylic acids is 1.